The summed E-state index contributed by atoms with van der Waals surface area (Å²) in [5.41, 5.74) is 6.90. The SMILES string of the molecule is Nc1nc2nc(-c3cc4cccc5ccc6cccc3c6c54)[nH]c2c(=O)[nH]1. The summed E-state index contributed by atoms with van der Waals surface area (Å²) >= 11 is 0. The summed E-state index contributed by atoms with van der Waals surface area (Å²) < 4.78 is 0. The number of nitrogens with one attached hydrogen (secondary N) is 2. The van der Waals surface area contributed by atoms with Gasteiger partial charge < -0.3 is 10.7 Å². The molecule has 2 aromatic heterocycles. The number of nitrogen functional groups attached to an aromatic ring is 1. The molecular weight excluding hydrogens is 338 g/mol. The van der Waals surface area contributed by atoms with Crippen molar-refractivity contribution in [2.75, 3.05) is 5.73 Å². The lowest BCUT2D eigenvalue weighted by Crippen LogP contribution is -2.10. The zero-order valence-corrected chi connectivity index (χ0v) is 14.1. The summed E-state index contributed by atoms with van der Waals surface area (Å²) in [5.74, 6) is 0.660. The van der Waals surface area contributed by atoms with E-state index >= 15 is 0 Å². The van der Waals surface area contributed by atoms with Gasteiger partial charge in [0.15, 0.2) is 11.2 Å². The van der Waals surface area contributed by atoms with Crippen LogP contribution in [0, 0.1) is 0 Å². The van der Waals surface area contributed by atoms with Crippen LogP contribution in [0.1, 0.15) is 0 Å². The predicted molar refractivity (Wildman–Crippen MR) is 108 cm³/mol. The lowest BCUT2D eigenvalue weighted by atomic mass is 9.91. The Labute approximate surface area is 152 Å². The number of nitrogens with zero attached hydrogens (tertiary/aromatic N) is 2. The fourth-order valence-electron chi connectivity index (χ4n) is 4.01. The molecule has 4 aromatic carbocycles. The van der Waals surface area contributed by atoms with Crippen LogP contribution in [0.4, 0.5) is 5.95 Å². The molecule has 4 N–H and O–H groups in total. The van der Waals surface area contributed by atoms with Gasteiger partial charge in [0.05, 0.1) is 0 Å². The molecule has 0 bridgehead atoms. The lowest BCUT2D eigenvalue weighted by molar-refractivity contribution is 1.17. The first kappa shape index (κ1) is 14.3. The maximum absolute atomic E-state index is 12.2. The molecule has 0 aliphatic heterocycles. The Hall–Kier alpha value is -3.93. The fraction of sp³-hybridized carbons (Fsp3) is 0. The maximum Gasteiger partial charge on any atom is 0.278 e. The van der Waals surface area contributed by atoms with Gasteiger partial charge in [-0.05, 0) is 38.4 Å². The van der Waals surface area contributed by atoms with Gasteiger partial charge in [0, 0.05) is 5.56 Å². The van der Waals surface area contributed by atoms with E-state index in [2.05, 4.69) is 68.5 Å². The number of aromatic nitrogens is 4. The molecule has 0 aliphatic carbocycles. The molecule has 6 nitrogen and oxygen atoms in total. The molecule has 6 aromatic rings. The molecule has 0 fully saturated rings. The first-order valence-corrected chi connectivity index (χ1v) is 8.61. The first-order valence-electron chi connectivity index (χ1n) is 8.61. The number of imidazole rings is 1. The van der Waals surface area contributed by atoms with E-state index in [0.29, 0.717) is 17.0 Å². The molecule has 0 saturated carbocycles. The van der Waals surface area contributed by atoms with Crippen molar-refractivity contribution in [1.82, 2.24) is 19.9 Å². The molecule has 0 amide bonds. The van der Waals surface area contributed by atoms with Crippen molar-refractivity contribution in [3.8, 4) is 11.4 Å². The summed E-state index contributed by atoms with van der Waals surface area (Å²) in [7, 11) is 0. The smallest absolute Gasteiger partial charge is 0.278 e. The van der Waals surface area contributed by atoms with E-state index in [-0.39, 0.29) is 11.5 Å². The van der Waals surface area contributed by atoms with Crippen molar-refractivity contribution in [3.63, 3.8) is 0 Å². The quantitative estimate of drug-likeness (QED) is 0.392. The fourth-order valence-corrected chi connectivity index (χ4v) is 4.01. The summed E-state index contributed by atoms with van der Waals surface area (Å²) in [6, 6.07) is 18.9. The van der Waals surface area contributed by atoms with Gasteiger partial charge in [0.2, 0.25) is 5.95 Å². The average molecular weight is 351 g/mol. The van der Waals surface area contributed by atoms with E-state index < -0.39 is 0 Å². The Morgan fingerprint density at radius 1 is 0.815 bits per heavy atom. The monoisotopic (exact) mass is 351 g/mol. The van der Waals surface area contributed by atoms with Crippen molar-refractivity contribution < 1.29 is 0 Å². The van der Waals surface area contributed by atoms with Crippen LogP contribution in [0.3, 0.4) is 0 Å². The second kappa shape index (κ2) is 4.82. The highest BCUT2D eigenvalue weighted by Crippen LogP contribution is 2.39. The summed E-state index contributed by atoms with van der Waals surface area (Å²) in [5, 5.41) is 7.04. The lowest BCUT2D eigenvalue weighted by Gasteiger charge is -2.13. The second-order valence-corrected chi connectivity index (χ2v) is 6.71. The third-order valence-corrected chi connectivity index (χ3v) is 5.14. The molecule has 6 rings (SSSR count). The van der Waals surface area contributed by atoms with E-state index in [4.69, 9.17) is 5.73 Å². The highest BCUT2D eigenvalue weighted by molar-refractivity contribution is 6.26. The molecular formula is C21H13N5O. The van der Waals surface area contributed by atoms with Crippen LogP contribution < -0.4 is 11.3 Å². The zero-order chi connectivity index (χ0) is 18.1. The van der Waals surface area contributed by atoms with Crippen LogP contribution in [0.2, 0.25) is 0 Å². The normalized spacial score (nSPS) is 12.0. The number of hydrogen-bond donors (Lipinski definition) is 3. The summed E-state index contributed by atoms with van der Waals surface area (Å²) in [6.45, 7) is 0. The molecule has 27 heavy (non-hydrogen) atoms. The van der Waals surface area contributed by atoms with Gasteiger partial charge in [-0.25, -0.2) is 4.98 Å². The molecule has 128 valence electrons. The Kier molecular flexibility index (Phi) is 2.55. The van der Waals surface area contributed by atoms with Crippen LogP contribution >= 0.6 is 0 Å². The number of nitrogens with two attached hydrogens (primary N) is 1. The largest absolute Gasteiger partial charge is 0.369 e. The van der Waals surface area contributed by atoms with Gasteiger partial charge in [0.25, 0.3) is 5.56 Å². The van der Waals surface area contributed by atoms with E-state index in [1.807, 2.05) is 6.07 Å². The number of benzene rings is 4. The number of H-pyrrole nitrogens is 2. The molecule has 0 unspecified atom stereocenters. The highest BCUT2D eigenvalue weighted by Gasteiger charge is 2.16. The minimum absolute atomic E-state index is 0.0559. The molecule has 0 saturated heterocycles. The molecule has 2 heterocycles. The van der Waals surface area contributed by atoms with E-state index in [1.165, 1.54) is 21.5 Å². The first-order chi connectivity index (χ1) is 13.2. The van der Waals surface area contributed by atoms with Crippen LogP contribution in [0.5, 0.6) is 0 Å². The van der Waals surface area contributed by atoms with Crippen LogP contribution in [-0.4, -0.2) is 19.9 Å². The van der Waals surface area contributed by atoms with Gasteiger partial charge in [-0.15, -0.1) is 0 Å². The van der Waals surface area contributed by atoms with Gasteiger partial charge in [-0.1, -0.05) is 48.5 Å². The van der Waals surface area contributed by atoms with Crippen molar-refractivity contribution in [3.05, 3.63) is 65.0 Å². The molecule has 6 heteroatoms. The Morgan fingerprint density at radius 2 is 1.56 bits per heavy atom. The van der Waals surface area contributed by atoms with Crippen LogP contribution in [0.15, 0.2) is 59.4 Å². The maximum atomic E-state index is 12.2. The Balaban J connectivity index is 1.80. The standard InChI is InChI=1S/C21H13N5O/c22-21-25-19-17(20(27)26-21)23-18(24-19)14-9-12-5-1-3-10-7-8-11-4-2-6-13(14)16(11)15(10)12/h1-9H,(H4,22,23,24,25,26,27). The minimum Gasteiger partial charge on any atom is -0.369 e. The van der Waals surface area contributed by atoms with Crippen molar-refractivity contribution in [2.24, 2.45) is 0 Å². The van der Waals surface area contributed by atoms with Gasteiger partial charge in [0.1, 0.15) is 5.82 Å². The van der Waals surface area contributed by atoms with Crippen molar-refractivity contribution in [1.29, 1.82) is 0 Å². The molecule has 0 radical (unpaired) electrons. The van der Waals surface area contributed by atoms with Crippen LogP contribution in [-0.2, 0) is 0 Å². The molecule has 0 aliphatic rings. The van der Waals surface area contributed by atoms with Gasteiger partial charge in [-0.3, -0.25) is 9.78 Å². The number of hydrogen-bond acceptors (Lipinski definition) is 4. The van der Waals surface area contributed by atoms with E-state index in [9.17, 15) is 4.79 Å². The number of fused-ring (bicyclic) bond motifs is 1. The van der Waals surface area contributed by atoms with Crippen molar-refractivity contribution in [2.45, 2.75) is 0 Å². The van der Waals surface area contributed by atoms with E-state index in [0.717, 1.165) is 16.3 Å². The van der Waals surface area contributed by atoms with E-state index in [1.54, 1.807) is 0 Å². The number of anilines is 1. The summed E-state index contributed by atoms with van der Waals surface area (Å²) in [4.78, 5) is 26.5. The zero-order valence-electron chi connectivity index (χ0n) is 14.1. The Bertz CT molecular complexity index is 1560. The van der Waals surface area contributed by atoms with Gasteiger partial charge >= 0.3 is 0 Å². The molecule has 0 spiro atoms. The topological polar surface area (TPSA) is 100 Å². The highest BCUT2D eigenvalue weighted by atomic mass is 16.1. The second-order valence-electron chi connectivity index (χ2n) is 6.71. The number of aromatic amines is 2. The minimum atomic E-state index is -0.326. The van der Waals surface area contributed by atoms with Crippen LogP contribution in [0.25, 0.3) is 54.9 Å². The Morgan fingerprint density at radius 3 is 2.41 bits per heavy atom. The average Bonchev–Trinajstić information content (AvgIpc) is 3.10. The number of rotatable bonds is 1. The third kappa shape index (κ3) is 1.86. The van der Waals surface area contributed by atoms with Crippen molar-refractivity contribution >= 4 is 49.4 Å². The summed E-state index contributed by atoms with van der Waals surface area (Å²) in [6.07, 6.45) is 0. The predicted octanol–water partition coefficient (Wildman–Crippen LogP) is 3.79. The third-order valence-electron chi connectivity index (χ3n) is 5.14. The van der Waals surface area contributed by atoms with Gasteiger partial charge in [-0.2, -0.15) is 4.98 Å². The molecule has 0 atom stereocenters.